The largest absolute Gasteiger partial charge is 0.388 e. The first-order chi connectivity index (χ1) is 6.06. The quantitative estimate of drug-likeness (QED) is 0.501. The van der Waals surface area contributed by atoms with E-state index in [1.165, 1.54) is 0 Å². The number of ether oxygens (including phenoxy) is 1. The summed E-state index contributed by atoms with van der Waals surface area (Å²) in [5.41, 5.74) is 0.474. The maximum absolute atomic E-state index is 5.85. The van der Waals surface area contributed by atoms with Crippen molar-refractivity contribution in [2.24, 2.45) is 0 Å². The second kappa shape index (κ2) is 4.75. The SMILES string of the molecule is CC1COCC(C)O[Si](C)(CCl)O1. The van der Waals surface area contributed by atoms with Crippen molar-refractivity contribution in [1.82, 2.24) is 0 Å². The van der Waals surface area contributed by atoms with Crippen LogP contribution in [0, 0.1) is 0 Å². The van der Waals surface area contributed by atoms with Crippen molar-refractivity contribution >= 4 is 20.2 Å². The normalized spacial score (nSPS) is 42.5. The Kier molecular flexibility index (Phi) is 4.19. The van der Waals surface area contributed by atoms with E-state index in [0.717, 1.165) is 0 Å². The van der Waals surface area contributed by atoms with Gasteiger partial charge in [-0.25, -0.2) is 0 Å². The first kappa shape index (κ1) is 11.5. The predicted molar refractivity (Wildman–Crippen MR) is 54.3 cm³/mol. The number of rotatable bonds is 1. The Morgan fingerprint density at radius 3 is 2.08 bits per heavy atom. The molecule has 1 rings (SSSR count). The van der Waals surface area contributed by atoms with E-state index < -0.39 is 8.56 Å². The molecule has 13 heavy (non-hydrogen) atoms. The molecule has 0 aromatic heterocycles. The predicted octanol–water partition coefficient (Wildman–Crippen LogP) is 1.68. The van der Waals surface area contributed by atoms with Crippen LogP contribution in [-0.4, -0.2) is 39.5 Å². The Hall–Kier alpha value is 0.387. The van der Waals surface area contributed by atoms with Crippen molar-refractivity contribution in [3.8, 4) is 0 Å². The molecule has 2 atom stereocenters. The molecule has 0 saturated carbocycles. The van der Waals surface area contributed by atoms with Crippen LogP contribution in [-0.2, 0) is 13.6 Å². The average Bonchev–Trinajstić information content (AvgIpc) is 2.01. The summed E-state index contributed by atoms with van der Waals surface area (Å²) in [5.74, 6) is 0. The van der Waals surface area contributed by atoms with Crippen LogP contribution in [0.5, 0.6) is 0 Å². The lowest BCUT2D eigenvalue weighted by Gasteiger charge is -2.34. The minimum atomic E-state index is -2.13. The summed E-state index contributed by atoms with van der Waals surface area (Å²) in [7, 11) is -2.13. The molecule has 0 radical (unpaired) electrons. The van der Waals surface area contributed by atoms with E-state index >= 15 is 0 Å². The Labute approximate surface area is 85.6 Å². The van der Waals surface area contributed by atoms with Gasteiger partial charge in [0.2, 0.25) is 0 Å². The second-order valence-corrected chi connectivity index (χ2v) is 7.47. The fourth-order valence-electron chi connectivity index (χ4n) is 1.41. The molecule has 3 nitrogen and oxygen atoms in total. The fourth-order valence-corrected chi connectivity index (χ4v) is 3.81. The molecule has 2 unspecified atom stereocenters. The van der Waals surface area contributed by atoms with Crippen molar-refractivity contribution in [3.05, 3.63) is 0 Å². The lowest BCUT2D eigenvalue weighted by molar-refractivity contribution is -0.0354. The van der Waals surface area contributed by atoms with Gasteiger partial charge in [-0.2, -0.15) is 0 Å². The third kappa shape index (κ3) is 3.56. The van der Waals surface area contributed by atoms with Gasteiger partial charge >= 0.3 is 8.56 Å². The van der Waals surface area contributed by atoms with Gasteiger partial charge in [-0.3, -0.25) is 0 Å². The fraction of sp³-hybridized carbons (Fsp3) is 1.00. The van der Waals surface area contributed by atoms with Crippen LogP contribution in [0.3, 0.4) is 0 Å². The minimum Gasteiger partial charge on any atom is -0.388 e. The van der Waals surface area contributed by atoms with Crippen LogP contribution >= 0.6 is 11.6 Å². The van der Waals surface area contributed by atoms with E-state index in [4.69, 9.17) is 25.2 Å². The van der Waals surface area contributed by atoms with Gasteiger partial charge in [-0.1, -0.05) is 0 Å². The van der Waals surface area contributed by atoms with E-state index in [1.54, 1.807) is 0 Å². The third-order valence-electron chi connectivity index (χ3n) is 1.85. The summed E-state index contributed by atoms with van der Waals surface area (Å²) in [6.07, 6.45) is 0.172. The van der Waals surface area contributed by atoms with Crippen molar-refractivity contribution in [2.75, 3.05) is 18.7 Å². The number of hydrogen-bond donors (Lipinski definition) is 0. The molecule has 0 aromatic rings. The Morgan fingerprint density at radius 2 is 1.69 bits per heavy atom. The number of halogens is 1. The van der Waals surface area contributed by atoms with Crippen LogP contribution < -0.4 is 0 Å². The van der Waals surface area contributed by atoms with Crippen molar-refractivity contribution in [2.45, 2.75) is 32.6 Å². The highest BCUT2D eigenvalue weighted by Crippen LogP contribution is 2.17. The summed E-state index contributed by atoms with van der Waals surface area (Å²) in [5, 5.41) is 0. The Bertz CT molecular complexity index is 155. The van der Waals surface area contributed by atoms with Gasteiger partial charge < -0.3 is 13.6 Å². The van der Waals surface area contributed by atoms with E-state index in [2.05, 4.69) is 0 Å². The first-order valence-electron chi connectivity index (χ1n) is 4.55. The standard InChI is InChI=1S/C8H17ClO3Si/c1-7-4-10-5-8(2)12-13(3,6-9)11-7/h7-8H,4-6H2,1-3H3. The Morgan fingerprint density at radius 1 is 1.23 bits per heavy atom. The van der Waals surface area contributed by atoms with Crippen LogP contribution in [0.15, 0.2) is 0 Å². The highest BCUT2D eigenvalue weighted by Gasteiger charge is 2.36. The maximum Gasteiger partial charge on any atom is 0.350 e. The highest BCUT2D eigenvalue weighted by molar-refractivity contribution is 6.73. The van der Waals surface area contributed by atoms with Gasteiger partial charge in [0, 0.05) is 0 Å². The second-order valence-electron chi connectivity index (χ2n) is 3.66. The summed E-state index contributed by atoms with van der Waals surface area (Å²) in [6, 6.07) is 0. The van der Waals surface area contributed by atoms with E-state index in [0.29, 0.717) is 18.7 Å². The zero-order valence-corrected chi connectivity index (χ0v) is 10.1. The maximum atomic E-state index is 5.85. The molecular weight excluding hydrogens is 208 g/mol. The van der Waals surface area contributed by atoms with Crippen LogP contribution in [0.2, 0.25) is 6.55 Å². The van der Waals surface area contributed by atoms with Gasteiger partial charge in [-0.05, 0) is 20.4 Å². The van der Waals surface area contributed by atoms with Crippen LogP contribution in [0.25, 0.3) is 0 Å². The summed E-state index contributed by atoms with van der Waals surface area (Å²) < 4.78 is 16.9. The summed E-state index contributed by atoms with van der Waals surface area (Å²) in [6.45, 7) is 7.23. The molecule has 0 aliphatic carbocycles. The molecule has 78 valence electrons. The molecule has 0 spiro atoms. The molecule has 1 aliphatic rings. The molecule has 0 N–H and O–H groups in total. The van der Waals surface area contributed by atoms with Gasteiger partial charge in [0.1, 0.15) is 0 Å². The van der Waals surface area contributed by atoms with Crippen molar-refractivity contribution in [1.29, 1.82) is 0 Å². The molecule has 0 aromatic carbocycles. The minimum absolute atomic E-state index is 0.0860. The molecule has 0 amide bonds. The lowest BCUT2D eigenvalue weighted by atomic mass is 10.4. The number of alkyl halides is 1. The highest BCUT2D eigenvalue weighted by atomic mass is 35.5. The lowest BCUT2D eigenvalue weighted by Crippen LogP contribution is -2.49. The van der Waals surface area contributed by atoms with Gasteiger partial charge in [-0.15, -0.1) is 11.6 Å². The molecule has 0 bridgehead atoms. The number of hydrogen-bond acceptors (Lipinski definition) is 3. The zero-order chi connectivity index (χ0) is 9.90. The molecule has 1 fully saturated rings. The molecule has 1 heterocycles. The monoisotopic (exact) mass is 224 g/mol. The van der Waals surface area contributed by atoms with Crippen LogP contribution in [0.4, 0.5) is 0 Å². The van der Waals surface area contributed by atoms with Gasteiger partial charge in [0.05, 0.1) is 30.9 Å². The molecule has 1 aliphatic heterocycles. The van der Waals surface area contributed by atoms with Gasteiger partial charge in [0.25, 0.3) is 0 Å². The topological polar surface area (TPSA) is 27.7 Å². The van der Waals surface area contributed by atoms with E-state index in [-0.39, 0.29) is 12.2 Å². The van der Waals surface area contributed by atoms with Crippen LogP contribution in [0.1, 0.15) is 13.8 Å². The summed E-state index contributed by atoms with van der Waals surface area (Å²) >= 11 is 5.85. The zero-order valence-electron chi connectivity index (χ0n) is 8.38. The molecule has 1 saturated heterocycles. The first-order valence-corrected chi connectivity index (χ1v) is 7.61. The third-order valence-corrected chi connectivity index (χ3v) is 5.59. The van der Waals surface area contributed by atoms with Crippen molar-refractivity contribution in [3.63, 3.8) is 0 Å². The Balaban J connectivity index is 2.58. The molecular formula is C8H17ClO3Si. The smallest absolute Gasteiger partial charge is 0.350 e. The molecule has 5 heteroatoms. The van der Waals surface area contributed by atoms with E-state index in [9.17, 15) is 0 Å². The summed E-state index contributed by atoms with van der Waals surface area (Å²) in [4.78, 5) is 0. The van der Waals surface area contributed by atoms with Crippen molar-refractivity contribution < 1.29 is 13.6 Å². The average molecular weight is 225 g/mol. The van der Waals surface area contributed by atoms with E-state index in [1.807, 2.05) is 20.4 Å². The van der Waals surface area contributed by atoms with Gasteiger partial charge in [0.15, 0.2) is 0 Å².